The van der Waals surface area contributed by atoms with Crippen molar-refractivity contribution in [1.82, 2.24) is 19.9 Å². The lowest BCUT2D eigenvalue weighted by atomic mass is 9.84. The van der Waals surface area contributed by atoms with Crippen LogP contribution >= 0.6 is 12.8 Å². The average molecular weight is 573 g/mol. The maximum Gasteiger partial charge on any atom is 0.325 e. The van der Waals surface area contributed by atoms with Crippen molar-refractivity contribution in [3.05, 3.63) is 42.6 Å². The number of hydrogen-bond acceptors (Lipinski definition) is 11. The van der Waals surface area contributed by atoms with Gasteiger partial charge < -0.3 is 23.8 Å². The van der Waals surface area contributed by atoms with E-state index in [0.717, 1.165) is 22.1 Å². The van der Waals surface area contributed by atoms with E-state index in [-0.39, 0.29) is 30.2 Å². The largest absolute Gasteiger partial charge is 0.496 e. The van der Waals surface area contributed by atoms with Gasteiger partial charge in [0, 0.05) is 42.7 Å². The Labute approximate surface area is 238 Å². The molecular formula is C28H36N4O7S. The van der Waals surface area contributed by atoms with Crippen LogP contribution in [0.25, 0.3) is 22.0 Å². The monoisotopic (exact) mass is 572 g/mol. The zero-order chi connectivity index (χ0) is 28.6. The molecule has 0 aliphatic carbocycles. The third kappa shape index (κ3) is 7.30. The fraction of sp³-hybridized carbons (Fsp3) is 0.500. The molecule has 0 radical (unpaired) electrons. The Balaban J connectivity index is 1.46. The summed E-state index contributed by atoms with van der Waals surface area (Å²) >= 11 is 3.64. The molecule has 12 heteroatoms. The van der Waals surface area contributed by atoms with Crippen molar-refractivity contribution < 1.29 is 33.4 Å². The number of carbonyl (C=O) groups excluding carboxylic acids is 2. The minimum Gasteiger partial charge on any atom is -0.496 e. The summed E-state index contributed by atoms with van der Waals surface area (Å²) in [4.78, 5) is 30.1. The summed E-state index contributed by atoms with van der Waals surface area (Å²) in [5, 5.41) is 10.8. The Morgan fingerprint density at radius 2 is 1.95 bits per heavy atom. The Morgan fingerprint density at radius 3 is 2.70 bits per heavy atom. The van der Waals surface area contributed by atoms with E-state index >= 15 is 0 Å². The maximum absolute atomic E-state index is 11.9. The zero-order valence-corrected chi connectivity index (χ0v) is 24.0. The molecule has 1 fully saturated rings. The summed E-state index contributed by atoms with van der Waals surface area (Å²) in [6, 6.07) is 12.0. The minimum absolute atomic E-state index is 0.0307. The summed E-state index contributed by atoms with van der Waals surface area (Å²) in [7, 11) is 1.65. The molecule has 3 aromatic rings. The van der Waals surface area contributed by atoms with Gasteiger partial charge in [-0.05, 0) is 30.4 Å². The number of esters is 1. The number of fused-ring (bicyclic) bond motifs is 1. The zero-order valence-electron chi connectivity index (χ0n) is 23.1. The van der Waals surface area contributed by atoms with Crippen molar-refractivity contribution in [2.24, 2.45) is 11.8 Å². The molecule has 4 rings (SSSR count). The Hall–Kier alpha value is -3.19. The lowest BCUT2D eigenvalue weighted by Gasteiger charge is -2.43. The quantitative estimate of drug-likeness (QED) is 0.142. The van der Waals surface area contributed by atoms with Gasteiger partial charge in [-0.2, -0.15) is 0 Å². The molecule has 1 aromatic heterocycles. The van der Waals surface area contributed by atoms with Gasteiger partial charge in [0.1, 0.15) is 23.7 Å². The Kier molecular flexibility index (Phi) is 10.4. The SMILES string of the molecule is COc1cc(-c2cn(CC3OC(OCCCCC(=O)ONS)C(C)[C@@H](C)[C@H]3OC(C)=O)nn2)cc2ccccc12. The molecule has 2 heterocycles. The molecule has 0 bridgehead atoms. The van der Waals surface area contributed by atoms with Crippen LogP contribution in [-0.2, 0) is 35.2 Å². The fourth-order valence-corrected chi connectivity index (χ4v) is 5.04. The number of benzene rings is 2. The Morgan fingerprint density at radius 1 is 1.15 bits per heavy atom. The summed E-state index contributed by atoms with van der Waals surface area (Å²) in [6.45, 7) is 6.16. The van der Waals surface area contributed by atoms with Gasteiger partial charge in [-0.15, -0.1) is 5.10 Å². The number of ether oxygens (including phenoxy) is 4. The number of nitrogens with one attached hydrogen (secondary N) is 1. The lowest BCUT2D eigenvalue weighted by molar-refractivity contribution is -0.269. The van der Waals surface area contributed by atoms with E-state index in [1.807, 2.05) is 56.4 Å². The van der Waals surface area contributed by atoms with Crippen molar-refractivity contribution in [3.63, 3.8) is 0 Å². The maximum atomic E-state index is 11.9. The number of aromatic nitrogens is 3. The standard InChI is InChI=1S/C28H36N4O7S/c1-17-18(2)28(36-12-8-7-11-26(34)39-31-40)38-25(27(17)37-19(3)33)16-32-15-23(29-30-32)21-13-20-9-5-6-10-22(20)24(14-21)35-4/h5-6,9-10,13-15,17-18,25,27-28,31,40H,7-8,11-12,16H2,1-4H3/t17-,18?,25?,27-,28?/m1/s1. The van der Waals surface area contributed by atoms with E-state index in [9.17, 15) is 9.59 Å². The summed E-state index contributed by atoms with van der Waals surface area (Å²) < 4.78 is 25.4. The van der Waals surface area contributed by atoms with E-state index in [0.29, 0.717) is 31.7 Å². The van der Waals surface area contributed by atoms with Crippen LogP contribution in [0.15, 0.2) is 42.6 Å². The van der Waals surface area contributed by atoms with Crippen LogP contribution in [0.1, 0.15) is 40.0 Å². The smallest absolute Gasteiger partial charge is 0.325 e. The van der Waals surface area contributed by atoms with Crippen molar-refractivity contribution >= 4 is 35.5 Å². The number of carbonyl (C=O) groups is 2. The average Bonchev–Trinajstić information content (AvgIpc) is 3.41. The molecule has 1 saturated heterocycles. The summed E-state index contributed by atoms with van der Waals surface area (Å²) in [6.07, 6.45) is 1.86. The van der Waals surface area contributed by atoms with Crippen LogP contribution in [0.2, 0.25) is 0 Å². The highest BCUT2D eigenvalue weighted by atomic mass is 32.1. The van der Waals surface area contributed by atoms with Crippen LogP contribution in [-0.4, -0.2) is 59.1 Å². The second-order valence-electron chi connectivity index (χ2n) is 9.95. The van der Waals surface area contributed by atoms with E-state index in [1.165, 1.54) is 6.92 Å². The van der Waals surface area contributed by atoms with Crippen molar-refractivity contribution in [1.29, 1.82) is 0 Å². The minimum atomic E-state index is -0.509. The lowest BCUT2D eigenvalue weighted by Crippen LogP contribution is -2.53. The molecule has 0 spiro atoms. The normalized spacial score (nSPS) is 22.7. The van der Waals surface area contributed by atoms with Crippen LogP contribution < -0.4 is 9.62 Å². The van der Waals surface area contributed by atoms with Crippen molar-refractivity contribution in [2.45, 2.75) is 65.1 Å². The molecule has 11 nitrogen and oxygen atoms in total. The van der Waals surface area contributed by atoms with E-state index in [4.69, 9.17) is 18.9 Å². The third-order valence-corrected chi connectivity index (χ3v) is 7.31. The third-order valence-electron chi connectivity index (χ3n) is 7.22. The predicted octanol–water partition coefficient (Wildman–Crippen LogP) is 4.12. The highest BCUT2D eigenvalue weighted by molar-refractivity contribution is 7.77. The molecule has 5 atom stereocenters. The molecule has 2 aromatic carbocycles. The second-order valence-corrected chi connectivity index (χ2v) is 10.1. The molecule has 40 heavy (non-hydrogen) atoms. The van der Waals surface area contributed by atoms with Gasteiger partial charge >= 0.3 is 11.9 Å². The number of unbranched alkanes of at least 4 members (excludes halogenated alkanes) is 1. The number of methoxy groups -OCH3 is 1. The first-order chi connectivity index (χ1) is 19.3. The first-order valence-corrected chi connectivity index (χ1v) is 13.8. The molecular weight excluding hydrogens is 536 g/mol. The summed E-state index contributed by atoms with van der Waals surface area (Å²) in [5.41, 5.74) is 1.56. The highest BCUT2D eigenvalue weighted by Gasteiger charge is 2.44. The predicted molar refractivity (Wildman–Crippen MR) is 150 cm³/mol. The van der Waals surface area contributed by atoms with Crippen LogP contribution in [0.3, 0.4) is 0 Å². The second kappa shape index (κ2) is 13.9. The molecule has 1 aliphatic heterocycles. The van der Waals surface area contributed by atoms with Gasteiger partial charge in [0.2, 0.25) is 0 Å². The topological polar surface area (TPSA) is 123 Å². The van der Waals surface area contributed by atoms with Gasteiger partial charge in [-0.3, -0.25) is 9.59 Å². The van der Waals surface area contributed by atoms with Crippen LogP contribution in [0.4, 0.5) is 0 Å². The van der Waals surface area contributed by atoms with Crippen LogP contribution in [0, 0.1) is 11.8 Å². The molecule has 1 N–H and O–H groups in total. The van der Waals surface area contributed by atoms with E-state index < -0.39 is 18.5 Å². The Bertz CT molecular complexity index is 1300. The van der Waals surface area contributed by atoms with Gasteiger partial charge in [-0.1, -0.05) is 61.0 Å². The first kappa shape index (κ1) is 29.8. The van der Waals surface area contributed by atoms with Crippen molar-refractivity contribution in [3.8, 4) is 17.0 Å². The van der Waals surface area contributed by atoms with Crippen LogP contribution in [0.5, 0.6) is 5.75 Å². The first-order valence-electron chi connectivity index (χ1n) is 13.3. The number of nitrogens with zero attached hydrogens (tertiary/aromatic N) is 3. The van der Waals surface area contributed by atoms with Crippen molar-refractivity contribution in [2.75, 3.05) is 13.7 Å². The molecule has 216 valence electrons. The van der Waals surface area contributed by atoms with Gasteiger partial charge in [0.15, 0.2) is 6.29 Å². The van der Waals surface area contributed by atoms with E-state index in [2.05, 4.69) is 32.8 Å². The summed E-state index contributed by atoms with van der Waals surface area (Å²) in [5.74, 6) is -0.0647. The molecule has 1 aliphatic rings. The fourth-order valence-electron chi connectivity index (χ4n) is 4.94. The van der Waals surface area contributed by atoms with E-state index in [1.54, 1.807) is 11.8 Å². The van der Waals surface area contributed by atoms with Gasteiger partial charge in [0.05, 0.1) is 19.9 Å². The molecule has 0 amide bonds. The number of hydrogen-bond donors (Lipinski definition) is 2. The number of rotatable bonds is 12. The number of thiol groups is 1. The van der Waals surface area contributed by atoms with Gasteiger partial charge in [-0.25, -0.2) is 4.68 Å². The molecule has 0 saturated carbocycles. The highest BCUT2D eigenvalue weighted by Crippen LogP contribution is 2.35. The molecule has 3 unspecified atom stereocenters. The van der Waals surface area contributed by atoms with Gasteiger partial charge in [0.25, 0.3) is 0 Å².